The third-order valence-electron chi connectivity index (χ3n) is 2.73. The molecule has 1 aromatic heterocycles. The standard InChI is InChI=1S/C11H18N4O/c12-3-1-2-10-8-13-9-14-11(10)15-4-6-16-7-5-15/h8-9H,1-7,12H2. The Balaban J connectivity index is 2.11. The fourth-order valence-electron chi connectivity index (χ4n) is 1.88. The summed E-state index contributed by atoms with van der Waals surface area (Å²) in [5.41, 5.74) is 6.72. The number of hydrogen-bond donors (Lipinski definition) is 1. The maximum absolute atomic E-state index is 5.53. The number of morpholine rings is 1. The first-order valence-corrected chi connectivity index (χ1v) is 5.73. The number of aryl methyl sites for hydroxylation is 1. The van der Waals surface area contributed by atoms with E-state index in [0.717, 1.165) is 45.0 Å². The van der Waals surface area contributed by atoms with Crippen LogP contribution in [0, 0.1) is 0 Å². The molecular formula is C11H18N4O. The maximum atomic E-state index is 5.53. The van der Waals surface area contributed by atoms with Crippen molar-refractivity contribution >= 4 is 5.82 Å². The number of aromatic nitrogens is 2. The van der Waals surface area contributed by atoms with Gasteiger partial charge in [0.2, 0.25) is 0 Å². The number of hydrogen-bond acceptors (Lipinski definition) is 5. The van der Waals surface area contributed by atoms with E-state index in [-0.39, 0.29) is 0 Å². The van der Waals surface area contributed by atoms with Crippen molar-refractivity contribution in [2.45, 2.75) is 12.8 Å². The number of nitrogens with zero attached hydrogens (tertiary/aromatic N) is 3. The molecule has 1 aromatic rings. The van der Waals surface area contributed by atoms with Gasteiger partial charge in [-0.2, -0.15) is 0 Å². The van der Waals surface area contributed by atoms with Gasteiger partial charge >= 0.3 is 0 Å². The lowest BCUT2D eigenvalue weighted by atomic mass is 10.1. The van der Waals surface area contributed by atoms with Gasteiger partial charge in [0.05, 0.1) is 13.2 Å². The molecule has 0 amide bonds. The van der Waals surface area contributed by atoms with Crippen LogP contribution in [0.3, 0.4) is 0 Å². The molecule has 5 nitrogen and oxygen atoms in total. The van der Waals surface area contributed by atoms with Crippen LogP contribution < -0.4 is 10.6 Å². The minimum atomic E-state index is 0.706. The Kier molecular flexibility index (Phi) is 4.07. The highest BCUT2D eigenvalue weighted by Crippen LogP contribution is 2.18. The van der Waals surface area contributed by atoms with Crippen molar-refractivity contribution in [2.75, 3.05) is 37.7 Å². The molecule has 5 heteroatoms. The molecule has 2 rings (SSSR count). The summed E-state index contributed by atoms with van der Waals surface area (Å²) in [6.45, 7) is 4.08. The van der Waals surface area contributed by atoms with Gasteiger partial charge in [0.25, 0.3) is 0 Å². The molecule has 0 bridgehead atoms. The lowest BCUT2D eigenvalue weighted by molar-refractivity contribution is 0.122. The first-order chi connectivity index (χ1) is 7.92. The van der Waals surface area contributed by atoms with E-state index in [1.54, 1.807) is 6.33 Å². The first-order valence-electron chi connectivity index (χ1n) is 5.73. The van der Waals surface area contributed by atoms with E-state index in [1.807, 2.05) is 6.20 Å². The van der Waals surface area contributed by atoms with Crippen LogP contribution in [0.25, 0.3) is 0 Å². The third-order valence-corrected chi connectivity index (χ3v) is 2.73. The van der Waals surface area contributed by atoms with Crippen LogP contribution in [0.2, 0.25) is 0 Å². The molecule has 1 fully saturated rings. The average Bonchev–Trinajstić information content (AvgIpc) is 2.38. The highest BCUT2D eigenvalue weighted by atomic mass is 16.5. The second-order valence-electron chi connectivity index (χ2n) is 3.86. The van der Waals surface area contributed by atoms with E-state index in [1.165, 1.54) is 5.56 Å². The van der Waals surface area contributed by atoms with Crippen LogP contribution in [0.15, 0.2) is 12.5 Å². The Morgan fingerprint density at radius 1 is 1.38 bits per heavy atom. The fraction of sp³-hybridized carbons (Fsp3) is 0.636. The lowest BCUT2D eigenvalue weighted by Crippen LogP contribution is -2.37. The maximum Gasteiger partial charge on any atom is 0.135 e. The highest BCUT2D eigenvalue weighted by molar-refractivity contribution is 5.45. The Hall–Kier alpha value is -1.20. The van der Waals surface area contributed by atoms with Crippen molar-refractivity contribution in [1.82, 2.24) is 9.97 Å². The highest BCUT2D eigenvalue weighted by Gasteiger charge is 2.15. The van der Waals surface area contributed by atoms with Crippen molar-refractivity contribution in [3.63, 3.8) is 0 Å². The van der Waals surface area contributed by atoms with Crippen molar-refractivity contribution in [3.05, 3.63) is 18.1 Å². The van der Waals surface area contributed by atoms with E-state index < -0.39 is 0 Å². The molecule has 1 saturated heterocycles. The Labute approximate surface area is 95.6 Å². The molecule has 0 radical (unpaired) electrons. The number of rotatable bonds is 4. The number of nitrogens with two attached hydrogens (primary N) is 1. The molecular weight excluding hydrogens is 204 g/mol. The van der Waals surface area contributed by atoms with Crippen molar-refractivity contribution in [1.29, 1.82) is 0 Å². The molecule has 16 heavy (non-hydrogen) atoms. The molecule has 0 atom stereocenters. The zero-order chi connectivity index (χ0) is 11.2. The third kappa shape index (κ3) is 2.68. The van der Waals surface area contributed by atoms with Gasteiger partial charge in [0, 0.05) is 24.8 Å². The van der Waals surface area contributed by atoms with E-state index in [2.05, 4.69) is 14.9 Å². The van der Waals surface area contributed by atoms with Gasteiger partial charge in [-0.25, -0.2) is 9.97 Å². The van der Waals surface area contributed by atoms with Crippen LogP contribution in [-0.4, -0.2) is 42.8 Å². The summed E-state index contributed by atoms with van der Waals surface area (Å²) >= 11 is 0. The number of ether oxygens (including phenoxy) is 1. The van der Waals surface area contributed by atoms with E-state index >= 15 is 0 Å². The second-order valence-corrected chi connectivity index (χ2v) is 3.86. The van der Waals surface area contributed by atoms with Crippen LogP contribution in [0.4, 0.5) is 5.82 Å². The van der Waals surface area contributed by atoms with Gasteiger partial charge in [-0.1, -0.05) is 0 Å². The summed E-state index contributed by atoms with van der Waals surface area (Å²) < 4.78 is 5.34. The van der Waals surface area contributed by atoms with Crippen molar-refractivity contribution in [2.24, 2.45) is 5.73 Å². The Morgan fingerprint density at radius 3 is 2.94 bits per heavy atom. The second kappa shape index (κ2) is 5.77. The van der Waals surface area contributed by atoms with E-state index in [4.69, 9.17) is 10.5 Å². The van der Waals surface area contributed by atoms with E-state index in [9.17, 15) is 0 Å². The number of anilines is 1. The Morgan fingerprint density at radius 2 is 2.19 bits per heavy atom. The fourth-order valence-corrected chi connectivity index (χ4v) is 1.88. The first kappa shape index (κ1) is 11.3. The average molecular weight is 222 g/mol. The summed E-state index contributed by atoms with van der Waals surface area (Å²) in [6, 6.07) is 0. The normalized spacial score (nSPS) is 16.4. The minimum Gasteiger partial charge on any atom is -0.378 e. The van der Waals surface area contributed by atoms with Gasteiger partial charge in [0.15, 0.2) is 0 Å². The smallest absolute Gasteiger partial charge is 0.135 e. The monoisotopic (exact) mass is 222 g/mol. The SMILES string of the molecule is NCCCc1cncnc1N1CCOCC1. The van der Waals surface area contributed by atoms with Crippen LogP contribution in [0.5, 0.6) is 0 Å². The molecule has 2 N–H and O–H groups in total. The summed E-state index contributed by atoms with van der Waals surface area (Å²) in [5.74, 6) is 1.05. The van der Waals surface area contributed by atoms with Gasteiger partial charge in [-0.05, 0) is 19.4 Å². The topological polar surface area (TPSA) is 64.3 Å². The summed E-state index contributed by atoms with van der Waals surface area (Å²) in [5, 5.41) is 0. The predicted molar refractivity (Wildman–Crippen MR) is 62.4 cm³/mol. The molecule has 1 aliphatic rings. The summed E-state index contributed by atoms with van der Waals surface area (Å²) in [7, 11) is 0. The van der Waals surface area contributed by atoms with Gasteiger partial charge in [-0.15, -0.1) is 0 Å². The van der Waals surface area contributed by atoms with Gasteiger partial charge in [-0.3, -0.25) is 0 Å². The predicted octanol–water partition coefficient (Wildman–Crippen LogP) is 0.204. The summed E-state index contributed by atoms with van der Waals surface area (Å²) in [4.78, 5) is 10.7. The largest absolute Gasteiger partial charge is 0.378 e. The minimum absolute atomic E-state index is 0.706. The van der Waals surface area contributed by atoms with Gasteiger partial charge in [0.1, 0.15) is 12.1 Å². The molecule has 0 unspecified atom stereocenters. The molecule has 0 aromatic carbocycles. The quantitative estimate of drug-likeness (QED) is 0.788. The molecule has 1 aliphatic heterocycles. The van der Waals surface area contributed by atoms with Crippen LogP contribution >= 0.6 is 0 Å². The lowest BCUT2D eigenvalue weighted by Gasteiger charge is -2.29. The zero-order valence-corrected chi connectivity index (χ0v) is 9.43. The summed E-state index contributed by atoms with van der Waals surface area (Å²) in [6.07, 6.45) is 5.43. The van der Waals surface area contributed by atoms with Crippen LogP contribution in [-0.2, 0) is 11.2 Å². The van der Waals surface area contributed by atoms with E-state index in [0.29, 0.717) is 6.54 Å². The molecule has 0 spiro atoms. The van der Waals surface area contributed by atoms with Crippen LogP contribution in [0.1, 0.15) is 12.0 Å². The van der Waals surface area contributed by atoms with Crippen molar-refractivity contribution in [3.8, 4) is 0 Å². The molecule has 2 heterocycles. The molecule has 0 saturated carbocycles. The molecule has 88 valence electrons. The molecule has 0 aliphatic carbocycles. The van der Waals surface area contributed by atoms with Crippen molar-refractivity contribution < 1.29 is 4.74 Å². The Bertz CT molecular complexity index is 326. The van der Waals surface area contributed by atoms with Gasteiger partial charge < -0.3 is 15.4 Å². The zero-order valence-electron chi connectivity index (χ0n) is 9.43.